The van der Waals surface area contributed by atoms with Crippen LogP contribution in [-0.4, -0.2) is 4.98 Å². The Morgan fingerprint density at radius 3 is 2.47 bits per heavy atom. The number of nitrogens with zero attached hydrogens (tertiary/aromatic N) is 1. The summed E-state index contributed by atoms with van der Waals surface area (Å²) in [5, 5.41) is 3.35. The van der Waals surface area contributed by atoms with Crippen LogP contribution in [0.4, 0.5) is 15.9 Å². The molecular weight excluding hydrogens is 330 g/mol. The standard InChI is InChI=1S/C11H6BrCl2FN2/c12-7-2-1-3-16-11(7)17-10-8(13)4-6(15)5-9(10)14/h1-5H,(H,16,17). The predicted octanol–water partition coefficient (Wildman–Crippen LogP) is 5.03. The van der Waals surface area contributed by atoms with E-state index in [2.05, 4.69) is 26.2 Å². The lowest BCUT2D eigenvalue weighted by molar-refractivity contribution is 0.628. The molecule has 88 valence electrons. The number of halogens is 4. The molecule has 1 aromatic carbocycles. The van der Waals surface area contributed by atoms with Gasteiger partial charge in [-0.1, -0.05) is 23.2 Å². The zero-order chi connectivity index (χ0) is 12.4. The Kier molecular flexibility index (Phi) is 3.86. The minimum Gasteiger partial charge on any atom is -0.337 e. The van der Waals surface area contributed by atoms with Gasteiger partial charge in [-0.15, -0.1) is 0 Å². The minimum absolute atomic E-state index is 0.201. The number of nitrogens with one attached hydrogen (secondary N) is 1. The number of pyridine rings is 1. The summed E-state index contributed by atoms with van der Waals surface area (Å²) < 4.78 is 13.8. The Morgan fingerprint density at radius 2 is 1.88 bits per heavy atom. The van der Waals surface area contributed by atoms with Crippen LogP contribution in [0.3, 0.4) is 0 Å². The molecule has 0 saturated carbocycles. The highest BCUT2D eigenvalue weighted by atomic mass is 79.9. The van der Waals surface area contributed by atoms with Crippen LogP contribution in [-0.2, 0) is 0 Å². The molecule has 2 nitrogen and oxygen atoms in total. The Hall–Kier alpha value is -0.840. The second kappa shape index (κ2) is 5.21. The van der Waals surface area contributed by atoms with Gasteiger partial charge in [-0.05, 0) is 40.2 Å². The van der Waals surface area contributed by atoms with Gasteiger partial charge in [0.25, 0.3) is 0 Å². The molecule has 0 fully saturated rings. The fourth-order valence-corrected chi connectivity index (χ4v) is 2.17. The third-order valence-corrected chi connectivity index (χ3v) is 3.24. The Balaban J connectivity index is 2.40. The maximum absolute atomic E-state index is 13.0. The molecule has 0 aliphatic rings. The molecule has 0 amide bonds. The second-order valence-electron chi connectivity index (χ2n) is 3.20. The summed E-state index contributed by atoms with van der Waals surface area (Å²) >= 11 is 15.1. The molecule has 0 aliphatic carbocycles. The summed E-state index contributed by atoms with van der Waals surface area (Å²) in [5.41, 5.74) is 0.425. The second-order valence-corrected chi connectivity index (χ2v) is 4.87. The van der Waals surface area contributed by atoms with Crippen LogP contribution < -0.4 is 5.32 Å². The highest BCUT2D eigenvalue weighted by molar-refractivity contribution is 9.10. The lowest BCUT2D eigenvalue weighted by Crippen LogP contribution is -1.96. The molecule has 17 heavy (non-hydrogen) atoms. The van der Waals surface area contributed by atoms with Crippen molar-refractivity contribution in [2.24, 2.45) is 0 Å². The van der Waals surface area contributed by atoms with Crippen LogP contribution >= 0.6 is 39.1 Å². The van der Waals surface area contributed by atoms with Crippen molar-refractivity contribution in [2.45, 2.75) is 0 Å². The SMILES string of the molecule is Fc1cc(Cl)c(Nc2ncccc2Br)c(Cl)c1. The lowest BCUT2D eigenvalue weighted by Gasteiger charge is -2.10. The number of hydrogen-bond donors (Lipinski definition) is 1. The first-order valence-electron chi connectivity index (χ1n) is 4.60. The van der Waals surface area contributed by atoms with E-state index in [1.165, 1.54) is 12.1 Å². The zero-order valence-corrected chi connectivity index (χ0v) is 11.4. The first-order chi connectivity index (χ1) is 8.08. The Morgan fingerprint density at radius 1 is 1.24 bits per heavy atom. The van der Waals surface area contributed by atoms with E-state index in [9.17, 15) is 4.39 Å². The normalized spacial score (nSPS) is 10.4. The fraction of sp³-hybridized carbons (Fsp3) is 0. The summed E-state index contributed by atoms with van der Waals surface area (Å²) in [4.78, 5) is 4.11. The molecule has 0 aliphatic heterocycles. The molecule has 1 aromatic heterocycles. The van der Waals surface area contributed by atoms with Gasteiger partial charge in [-0.3, -0.25) is 0 Å². The van der Waals surface area contributed by atoms with Crippen molar-refractivity contribution in [2.75, 3.05) is 5.32 Å². The molecule has 1 heterocycles. The fourth-order valence-electron chi connectivity index (χ4n) is 1.26. The smallest absolute Gasteiger partial charge is 0.144 e. The van der Waals surface area contributed by atoms with Gasteiger partial charge >= 0.3 is 0 Å². The third-order valence-electron chi connectivity index (χ3n) is 2.01. The average molecular weight is 336 g/mol. The largest absolute Gasteiger partial charge is 0.337 e. The summed E-state index contributed by atoms with van der Waals surface area (Å²) in [6, 6.07) is 5.98. The van der Waals surface area contributed by atoms with Gasteiger partial charge < -0.3 is 5.32 Å². The molecule has 0 spiro atoms. The van der Waals surface area contributed by atoms with Crippen molar-refractivity contribution in [1.29, 1.82) is 0 Å². The van der Waals surface area contributed by atoms with Gasteiger partial charge in [0, 0.05) is 6.20 Å². The Bertz CT molecular complexity index is 540. The lowest BCUT2D eigenvalue weighted by atomic mass is 10.3. The number of aromatic nitrogens is 1. The van der Waals surface area contributed by atoms with Gasteiger partial charge in [-0.2, -0.15) is 0 Å². The van der Waals surface area contributed by atoms with Crippen molar-refractivity contribution in [3.8, 4) is 0 Å². The number of anilines is 2. The highest BCUT2D eigenvalue weighted by Gasteiger charge is 2.10. The van der Waals surface area contributed by atoms with Crippen LogP contribution in [0, 0.1) is 5.82 Å². The van der Waals surface area contributed by atoms with Crippen LogP contribution in [0.25, 0.3) is 0 Å². The molecule has 0 unspecified atom stereocenters. The monoisotopic (exact) mass is 334 g/mol. The van der Waals surface area contributed by atoms with E-state index in [-0.39, 0.29) is 10.0 Å². The molecule has 0 radical (unpaired) electrons. The first-order valence-corrected chi connectivity index (χ1v) is 6.15. The van der Waals surface area contributed by atoms with E-state index < -0.39 is 5.82 Å². The van der Waals surface area contributed by atoms with Crippen molar-refractivity contribution in [3.05, 3.63) is 50.8 Å². The van der Waals surface area contributed by atoms with E-state index in [1.807, 2.05) is 6.07 Å². The molecule has 0 saturated heterocycles. The van der Waals surface area contributed by atoms with Gasteiger partial charge in [0.1, 0.15) is 11.6 Å². The van der Waals surface area contributed by atoms with Crippen molar-refractivity contribution in [3.63, 3.8) is 0 Å². The summed E-state index contributed by atoms with van der Waals surface area (Å²) in [6.45, 7) is 0. The summed E-state index contributed by atoms with van der Waals surface area (Å²) in [6.07, 6.45) is 1.62. The summed E-state index contributed by atoms with van der Waals surface area (Å²) in [5.74, 6) is 0.0774. The van der Waals surface area contributed by atoms with Crippen molar-refractivity contribution < 1.29 is 4.39 Å². The van der Waals surface area contributed by atoms with Crippen LogP contribution in [0.2, 0.25) is 10.0 Å². The highest BCUT2D eigenvalue weighted by Crippen LogP contribution is 2.34. The summed E-state index contributed by atoms with van der Waals surface area (Å²) in [7, 11) is 0. The van der Waals surface area contributed by atoms with Gasteiger partial charge in [0.15, 0.2) is 0 Å². The number of benzene rings is 1. The molecule has 0 atom stereocenters. The third kappa shape index (κ3) is 2.89. The average Bonchev–Trinajstić information content (AvgIpc) is 2.25. The van der Waals surface area contributed by atoms with Gasteiger partial charge in [-0.25, -0.2) is 9.37 Å². The van der Waals surface area contributed by atoms with Crippen LogP contribution in [0.15, 0.2) is 34.9 Å². The minimum atomic E-state index is -0.481. The quantitative estimate of drug-likeness (QED) is 0.832. The van der Waals surface area contributed by atoms with E-state index in [4.69, 9.17) is 23.2 Å². The van der Waals surface area contributed by atoms with E-state index in [1.54, 1.807) is 12.3 Å². The maximum atomic E-state index is 13.0. The molecule has 6 heteroatoms. The predicted molar refractivity (Wildman–Crippen MR) is 71.6 cm³/mol. The molecule has 2 rings (SSSR count). The van der Waals surface area contributed by atoms with E-state index in [0.29, 0.717) is 11.5 Å². The van der Waals surface area contributed by atoms with Gasteiger partial charge in [0.2, 0.25) is 0 Å². The molecule has 1 N–H and O–H groups in total. The first kappa shape index (κ1) is 12.6. The Labute approximate surface area is 116 Å². The van der Waals surface area contributed by atoms with Crippen molar-refractivity contribution >= 4 is 50.6 Å². The molecule has 2 aromatic rings. The van der Waals surface area contributed by atoms with Crippen LogP contribution in [0.5, 0.6) is 0 Å². The molecule has 0 bridgehead atoms. The number of rotatable bonds is 2. The van der Waals surface area contributed by atoms with E-state index in [0.717, 1.165) is 4.47 Å². The van der Waals surface area contributed by atoms with Gasteiger partial charge in [0.05, 0.1) is 20.2 Å². The zero-order valence-electron chi connectivity index (χ0n) is 8.35. The molecular formula is C11H6BrCl2FN2. The van der Waals surface area contributed by atoms with Crippen molar-refractivity contribution in [1.82, 2.24) is 4.98 Å². The number of hydrogen-bond acceptors (Lipinski definition) is 2. The topological polar surface area (TPSA) is 24.9 Å². The van der Waals surface area contributed by atoms with E-state index >= 15 is 0 Å². The van der Waals surface area contributed by atoms with Crippen LogP contribution in [0.1, 0.15) is 0 Å². The maximum Gasteiger partial charge on any atom is 0.144 e.